The SMILES string of the molecule is COc1ccc2ccncc2c1N(C)C1CCN(C)CC1. The lowest BCUT2D eigenvalue weighted by Gasteiger charge is -2.37. The van der Waals surface area contributed by atoms with Crippen molar-refractivity contribution in [3.8, 4) is 5.75 Å². The Hall–Kier alpha value is -1.81. The number of aromatic nitrogens is 1. The van der Waals surface area contributed by atoms with Crippen molar-refractivity contribution >= 4 is 16.5 Å². The van der Waals surface area contributed by atoms with Gasteiger partial charge in [0.05, 0.1) is 12.8 Å². The van der Waals surface area contributed by atoms with E-state index in [-0.39, 0.29) is 0 Å². The zero-order valence-corrected chi connectivity index (χ0v) is 13.0. The van der Waals surface area contributed by atoms with Crippen molar-refractivity contribution in [2.75, 3.05) is 39.2 Å². The highest BCUT2D eigenvalue weighted by molar-refractivity contribution is 5.96. The molecule has 1 aromatic heterocycles. The minimum atomic E-state index is 0.556. The second-order valence-corrected chi connectivity index (χ2v) is 5.86. The van der Waals surface area contributed by atoms with Gasteiger partial charge in [-0.05, 0) is 50.5 Å². The van der Waals surface area contributed by atoms with Crippen LogP contribution in [0, 0.1) is 0 Å². The van der Waals surface area contributed by atoms with E-state index < -0.39 is 0 Å². The van der Waals surface area contributed by atoms with Crippen LogP contribution in [0.2, 0.25) is 0 Å². The van der Waals surface area contributed by atoms with Crippen molar-refractivity contribution in [3.05, 3.63) is 30.6 Å². The Labute approximate surface area is 126 Å². The lowest BCUT2D eigenvalue weighted by molar-refractivity contribution is 0.252. The molecule has 0 amide bonds. The second-order valence-electron chi connectivity index (χ2n) is 5.86. The van der Waals surface area contributed by atoms with E-state index in [1.165, 1.54) is 23.6 Å². The van der Waals surface area contributed by atoms with Crippen molar-refractivity contribution < 1.29 is 4.74 Å². The molecule has 1 aliphatic rings. The van der Waals surface area contributed by atoms with E-state index in [1.807, 2.05) is 12.4 Å². The van der Waals surface area contributed by atoms with Gasteiger partial charge in [-0.15, -0.1) is 0 Å². The van der Waals surface area contributed by atoms with Crippen molar-refractivity contribution in [2.45, 2.75) is 18.9 Å². The maximum absolute atomic E-state index is 5.61. The van der Waals surface area contributed by atoms with Gasteiger partial charge in [-0.3, -0.25) is 4.98 Å². The van der Waals surface area contributed by atoms with Crippen LogP contribution in [0.4, 0.5) is 5.69 Å². The number of methoxy groups -OCH3 is 1. The third-order valence-electron chi connectivity index (χ3n) is 4.57. The molecule has 112 valence electrons. The van der Waals surface area contributed by atoms with Gasteiger partial charge in [0.1, 0.15) is 5.75 Å². The smallest absolute Gasteiger partial charge is 0.142 e. The van der Waals surface area contributed by atoms with Gasteiger partial charge < -0.3 is 14.5 Å². The van der Waals surface area contributed by atoms with E-state index in [4.69, 9.17) is 4.74 Å². The molecule has 0 unspecified atom stereocenters. The molecule has 0 aliphatic carbocycles. The first-order valence-electron chi connectivity index (χ1n) is 7.53. The standard InChI is InChI=1S/C17H23N3O/c1-19-10-7-14(8-11-19)20(2)17-15-12-18-9-6-13(15)4-5-16(17)21-3/h4-6,9,12,14H,7-8,10-11H2,1-3H3. The molecule has 0 saturated carbocycles. The molecule has 3 rings (SSSR count). The number of hydrogen-bond acceptors (Lipinski definition) is 4. The highest BCUT2D eigenvalue weighted by atomic mass is 16.5. The maximum atomic E-state index is 5.61. The quantitative estimate of drug-likeness (QED) is 0.867. The minimum Gasteiger partial charge on any atom is -0.495 e. The Bertz CT molecular complexity index is 620. The lowest BCUT2D eigenvalue weighted by atomic mass is 10.0. The van der Waals surface area contributed by atoms with Crippen molar-refractivity contribution in [1.29, 1.82) is 0 Å². The summed E-state index contributed by atoms with van der Waals surface area (Å²) in [4.78, 5) is 9.08. The third kappa shape index (κ3) is 2.68. The van der Waals surface area contributed by atoms with E-state index >= 15 is 0 Å². The van der Waals surface area contributed by atoms with E-state index in [2.05, 4.69) is 47.1 Å². The normalized spacial score (nSPS) is 17.1. The summed E-state index contributed by atoms with van der Waals surface area (Å²) in [7, 11) is 6.11. The zero-order valence-electron chi connectivity index (χ0n) is 13.0. The number of pyridine rings is 1. The molecular weight excluding hydrogens is 262 g/mol. The molecule has 1 fully saturated rings. The molecule has 0 spiro atoms. The van der Waals surface area contributed by atoms with Gasteiger partial charge >= 0.3 is 0 Å². The van der Waals surface area contributed by atoms with E-state index in [0.29, 0.717) is 6.04 Å². The van der Waals surface area contributed by atoms with E-state index in [0.717, 1.165) is 24.5 Å². The molecule has 1 aromatic carbocycles. The summed E-state index contributed by atoms with van der Waals surface area (Å²) in [6, 6.07) is 6.77. The number of likely N-dealkylation sites (tertiary alicyclic amines) is 1. The molecule has 0 N–H and O–H groups in total. The number of anilines is 1. The van der Waals surface area contributed by atoms with Crippen LogP contribution in [0.5, 0.6) is 5.75 Å². The van der Waals surface area contributed by atoms with Gasteiger partial charge in [0, 0.05) is 30.9 Å². The summed E-state index contributed by atoms with van der Waals surface area (Å²) in [5.41, 5.74) is 1.16. The van der Waals surface area contributed by atoms with Crippen LogP contribution in [0.1, 0.15) is 12.8 Å². The number of rotatable bonds is 3. The summed E-state index contributed by atoms with van der Waals surface area (Å²) in [6.45, 7) is 2.31. The first kappa shape index (κ1) is 14.1. The molecule has 2 aromatic rings. The number of nitrogens with zero attached hydrogens (tertiary/aromatic N) is 3. The van der Waals surface area contributed by atoms with Gasteiger partial charge in [0.2, 0.25) is 0 Å². The number of hydrogen-bond donors (Lipinski definition) is 0. The van der Waals surface area contributed by atoms with Crippen molar-refractivity contribution in [2.24, 2.45) is 0 Å². The summed E-state index contributed by atoms with van der Waals surface area (Å²) in [6.07, 6.45) is 6.16. The molecule has 0 radical (unpaired) electrons. The van der Waals surface area contributed by atoms with Gasteiger partial charge in [-0.25, -0.2) is 0 Å². The predicted octanol–water partition coefficient (Wildman–Crippen LogP) is 2.77. The first-order chi connectivity index (χ1) is 10.2. The fourth-order valence-electron chi connectivity index (χ4n) is 3.22. The number of benzene rings is 1. The van der Waals surface area contributed by atoms with Crippen molar-refractivity contribution in [3.63, 3.8) is 0 Å². The lowest BCUT2D eigenvalue weighted by Crippen LogP contribution is -2.42. The van der Waals surface area contributed by atoms with Crippen LogP contribution in [-0.2, 0) is 0 Å². The Morgan fingerprint density at radius 1 is 1.24 bits per heavy atom. The van der Waals surface area contributed by atoms with Crippen LogP contribution in [0.15, 0.2) is 30.6 Å². The van der Waals surface area contributed by atoms with Crippen LogP contribution in [0.25, 0.3) is 10.8 Å². The first-order valence-corrected chi connectivity index (χ1v) is 7.53. The average molecular weight is 285 g/mol. The summed E-state index contributed by atoms with van der Waals surface area (Å²) in [5, 5.41) is 2.37. The third-order valence-corrected chi connectivity index (χ3v) is 4.57. The monoisotopic (exact) mass is 285 g/mol. The highest BCUT2D eigenvalue weighted by Crippen LogP contribution is 2.37. The molecular formula is C17H23N3O. The van der Waals surface area contributed by atoms with Crippen LogP contribution < -0.4 is 9.64 Å². The zero-order chi connectivity index (χ0) is 14.8. The molecule has 1 aliphatic heterocycles. The van der Waals surface area contributed by atoms with Crippen molar-refractivity contribution in [1.82, 2.24) is 9.88 Å². The number of piperidine rings is 1. The van der Waals surface area contributed by atoms with Crippen LogP contribution >= 0.6 is 0 Å². The Kier molecular flexibility index (Phi) is 3.97. The Morgan fingerprint density at radius 3 is 2.71 bits per heavy atom. The fraction of sp³-hybridized carbons (Fsp3) is 0.471. The molecule has 2 heterocycles. The second kappa shape index (κ2) is 5.90. The molecule has 0 bridgehead atoms. The highest BCUT2D eigenvalue weighted by Gasteiger charge is 2.24. The van der Waals surface area contributed by atoms with E-state index in [1.54, 1.807) is 7.11 Å². The number of fused-ring (bicyclic) bond motifs is 1. The molecule has 4 heteroatoms. The average Bonchev–Trinajstić information content (AvgIpc) is 2.53. The fourth-order valence-corrected chi connectivity index (χ4v) is 3.22. The Balaban J connectivity index is 2.01. The van der Waals surface area contributed by atoms with Crippen LogP contribution in [-0.4, -0.2) is 50.2 Å². The summed E-state index contributed by atoms with van der Waals surface area (Å²) < 4.78 is 5.61. The van der Waals surface area contributed by atoms with E-state index in [9.17, 15) is 0 Å². The Morgan fingerprint density at radius 2 is 2.00 bits per heavy atom. The molecule has 0 atom stereocenters. The molecule has 4 nitrogen and oxygen atoms in total. The van der Waals surface area contributed by atoms with Gasteiger partial charge in [0.25, 0.3) is 0 Å². The summed E-state index contributed by atoms with van der Waals surface area (Å²) in [5.74, 6) is 0.928. The largest absolute Gasteiger partial charge is 0.495 e. The number of ether oxygens (including phenoxy) is 1. The molecule has 1 saturated heterocycles. The van der Waals surface area contributed by atoms with Gasteiger partial charge in [-0.2, -0.15) is 0 Å². The van der Waals surface area contributed by atoms with Gasteiger partial charge in [0.15, 0.2) is 0 Å². The topological polar surface area (TPSA) is 28.6 Å². The minimum absolute atomic E-state index is 0.556. The summed E-state index contributed by atoms with van der Waals surface area (Å²) >= 11 is 0. The van der Waals surface area contributed by atoms with Crippen LogP contribution in [0.3, 0.4) is 0 Å². The molecule has 21 heavy (non-hydrogen) atoms. The maximum Gasteiger partial charge on any atom is 0.142 e. The van der Waals surface area contributed by atoms with Gasteiger partial charge in [-0.1, -0.05) is 6.07 Å². The predicted molar refractivity (Wildman–Crippen MR) is 87.2 cm³/mol.